The predicted molar refractivity (Wildman–Crippen MR) is 79.3 cm³/mol. The highest BCUT2D eigenvalue weighted by Crippen LogP contribution is 2.17. The first-order valence-electron chi connectivity index (χ1n) is 7.12. The lowest BCUT2D eigenvalue weighted by molar-refractivity contribution is 0.271. The van der Waals surface area contributed by atoms with Crippen molar-refractivity contribution in [1.29, 1.82) is 0 Å². The fourth-order valence-electron chi connectivity index (χ4n) is 1.77. The van der Waals surface area contributed by atoms with Crippen LogP contribution in [0.15, 0.2) is 24.3 Å². The Morgan fingerprint density at radius 3 is 2.17 bits per heavy atom. The van der Waals surface area contributed by atoms with E-state index in [1.165, 1.54) is 18.5 Å². The van der Waals surface area contributed by atoms with E-state index in [4.69, 9.17) is 4.74 Å². The number of hydrogen-bond donors (Lipinski definition) is 1. The van der Waals surface area contributed by atoms with E-state index in [1.54, 1.807) is 0 Å². The van der Waals surface area contributed by atoms with Crippen molar-refractivity contribution in [3.63, 3.8) is 0 Å². The van der Waals surface area contributed by atoms with Gasteiger partial charge < -0.3 is 10.1 Å². The van der Waals surface area contributed by atoms with Crippen LogP contribution < -0.4 is 10.1 Å². The lowest BCUT2D eigenvalue weighted by Gasteiger charge is -2.15. The maximum absolute atomic E-state index is 5.66. The van der Waals surface area contributed by atoms with Crippen LogP contribution in [-0.2, 0) is 0 Å². The minimum absolute atomic E-state index is 0.567. The van der Waals surface area contributed by atoms with Gasteiger partial charge in [-0.25, -0.2) is 0 Å². The van der Waals surface area contributed by atoms with Gasteiger partial charge in [0.15, 0.2) is 0 Å². The normalized spacial score (nSPS) is 11.0. The molecule has 0 aliphatic rings. The Labute approximate surface area is 112 Å². The Hall–Kier alpha value is -1.18. The molecule has 0 aliphatic heterocycles. The number of ether oxygens (including phenoxy) is 1. The lowest BCUT2D eigenvalue weighted by Crippen LogP contribution is -2.12. The minimum Gasteiger partial charge on any atom is -0.493 e. The number of anilines is 1. The van der Waals surface area contributed by atoms with Crippen LogP contribution in [0, 0.1) is 11.8 Å². The van der Waals surface area contributed by atoms with E-state index in [0.717, 1.165) is 24.8 Å². The first-order valence-corrected chi connectivity index (χ1v) is 7.12. The van der Waals surface area contributed by atoms with Gasteiger partial charge in [-0.05, 0) is 36.1 Å². The van der Waals surface area contributed by atoms with Crippen molar-refractivity contribution >= 4 is 5.69 Å². The third-order valence-electron chi connectivity index (χ3n) is 3.19. The maximum atomic E-state index is 5.66. The Kier molecular flexibility index (Phi) is 6.63. The topological polar surface area (TPSA) is 21.3 Å². The zero-order valence-electron chi connectivity index (χ0n) is 12.2. The zero-order valence-corrected chi connectivity index (χ0v) is 12.2. The molecule has 1 rings (SSSR count). The standard InChI is InChI=1S/C16H27NO/c1-5-14(6-2)11-17-15-7-9-16(10-8-15)18-12-13(3)4/h7-10,13-14,17H,5-6,11-12H2,1-4H3. The van der Waals surface area contributed by atoms with Gasteiger partial charge in [0, 0.05) is 12.2 Å². The van der Waals surface area contributed by atoms with Gasteiger partial charge in [-0.15, -0.1) is 0 Å². The molecule has 0 aliphatic carbocycles. The summed E-state index contributed by atoms with van der Waals surface area (Å²) in [7, 11) is 0. The third-order valence-corrected chi connectivity index (χ3v) is 3.19. The van der Waals surface area contributed by atoms with Gasteiger partial charge in [0.25, 0.3) is 0 Å². The van der Waals surface area contributed by atoms with E-state index in [9.17, 15) is 0 Å². The van der Waals surface area contributed by atoms with Crippen LogP contribution in [0.2, 0.25) is 0 Å². The van der Waals surface area contributed by atoms with E-state index in [1.807, 2.05) is 12.1 Å². The van der Waals surface area contributed by atoms with Crippen molar-refractivity contribution in [3.05, 3.63) is 24.3 Å². The monoisotopic (exact) mass is 249 g/mol. The van der Waals surface area contributed by atoms with Crippen molar-refractivity contribution < 1.29 is 4.74 Å². The van der Waals surface area contributed by atoms with E-state index in [-0.39, 0.29) is 0 Å². The molecule has 1 aromatic carbocycles. The molecule has 1 N–H and O–H groups in total. The molecule has 0 fully saturated rings. The average molecular weight is 249 g/mol. The zero-order chi connectivity index (χ0) is 13.4. The summed E-state index contributed by atoms with van der Waals surface area (Å²) in [5.74, 6) is 2.29. The number of hydrogen-bond acceptors (Lipinski definition) is 2. The Morgan fingerprint density at radius 2 is 1.67 bits per heavy atom. The fourth-order valence-corrected chi connectivity index (χ4v) is 1.77. The molecule has 102 valence electrons. The molecule has 0 spiro atoms. The van der Waals surface area contributed by atoms with Crippen LogP contribution in [-0.4, -0.2) is 13.2 Å². The largest absolute Gasteiger partial charge is 0.493 e. The van der Waals surface area contributed by atoms with E-state index in [0.29, 0.717) is 5.92 Å². The maximum Gasteiger partial charge on any atom is 0.119 e. The quantitative estimate of drug-likeness (QED) is 0.728. The van der Waals surface area contributed by atoms with E-state index < -0.39 is 0 Å². The van der Waals surface area contributed by atoms with Gasteiger partial charge in [0.2, 0.25) is 0 Å². The molecule has 0 saturated carbocycles. The van der Waals surface area contributed by atoms with Crippen LogP contribution in [0.4, 0.5) is 5.69 Å². The van der Waals surface area contributed by atoms with Crippen LogP contribution in [0.3, 0.4) is 0 Å². The second-order valence-corrected chi connectivity index (χ2v) is 5.29. The van der Waals surface area contributed by atoms with Gasteiger partial charge in [-0.1, -0.05) is 40.5 Å². The molecule has 0 heterocycles. The number of nitrogens with one attached hydrogen (secondary N) is 1. The summed E-state index contributed by atoms with van der Waals surface area (Å²) in [4.78, 5) is 0. The molecule has 18 heavy (non-hydrogen) atoms. The van der Waals surface area contributed by atoms with E-state index in [2.05, 4.69) is 45.1 Å². The molecule has 0 bridgehead atoms. The van der Waals surface area contributed by atoms with Crippen molar-refractivity contribution in [2.24, 2.45) is 11.8 Å². The summed E-state index contributed by atoms with van der Waals surface area (Å²) in [6.07, 6.45) is 2.47. The summed E-state index contributed by atoms with van der Waals surface area (Å²) in [6, 6.07) is 8.27. The molecule has 0 amide bonds. The molecule has 0 unspecified atom stereocenters. The van der Waals surface area contributed by atoms with Crippen LogP contribution in [0.25, 0.3) is 0 Å². The Balaban J connectivity index is 2.40. The van der Waals surface area contributed by atoms with Crippen molar-refractivity contribution in [2.75, 3.05) is 18.5 Å². The first-order chi connectivity index (χ1) is 8.65. The summed E-state index contributed by atoms with van der Waals surface area (Å²) in [5, 5.41) is 3.48. The highest BCUT2D eigenvalue weighted by atomic mass is 16.5. The van der Waals surface area contributed by atoms with Gasteiger partial charge in [0.05, 0.1) is 6.61 Å². The summed E-state index contributed by atoms with van der Waals surface area (Å²) in [5.41, 5.74) is 1.18. The average Bonchev–Trinajstić information content (AvgIpc) is 2.39. The SMILES string of the molecule is CCC(CC)CNc1ccc(OCC(C)C)cc1. The molecular weight excluding hydrogens is 222 g/mol. The fraction of sp³-hybridized carbons (Fsp3) is 0.625. The summed E-state index contributed by atoms with van der Waals surface area (Å²) in [6.45, 7) is 10.6. The van der Waals surface area contributed by atoms with Crippen LogP contribution >= 0.6 is 0 Å². The summed E-state index contributed by atoms with van der Waals surface area (Å²) < 4.78 is 5.66. The molecule has 0 aromatic heterocycles. The second-order valence-electron chi connectivity index (χ2n) is 5.29. The van der Waals surface area contributed by atoms with Gasteiger partial charge >= 0.3 is 0 Å². The predicted octanol–water partition coefficient (Wildman–Crippen LogP) is 4.57. The highest BCUT2D eigenvalue weighted by molar-refractivity contribution is 5.46. The minimum atomic E-state index is 0.567. The smallest absolute Gasteiger partial charge is 0.119 e. The molecule has 2 nitrogen and oxygen atoms in total. The van der Waals surface area contributed by atoms with Gasteiger partial charge in [-0.2, -0.15) is 0 Å². The van der Waals surface area contributed by atoms with Crippen LogP contribution in [0.1, 0.15) is 40.5 Å². The molecule has 2 heteroatoms. The van der Waals surface area contributed by atoms with E-state index >= 15 is 0 Å². The number of benzene rings is 1. The van der Waals surface area contributed by atoms with Crippen molar-refractivity contribution in [3.8, 4) is 5.75 Å². The Morgan fingerprint density at radius 1 is 1.06 bits per heavy atom. The second kappa shape index (κ2) is 8.02. The molecule has 0 saturated heterocycles. The van der Waals surface area contributed by atoms with Crippen LogP contribution in [0.5, 0.6) is 5.75 Å². The highest BCUT2D eigenvalue weighted by Gasteiger charge is 2.03. The molecule has 1 aromatic rings. The molecule has 0 atom stereocenters. The molecular formula is C16H27NO. The third kappa shape index (κ3) is 5.44. The van der Waals surface area contributed by atoms with Gasteiger partial charge in [0.1, 0.15) is 5.75 Å². The van der Waals surface area contributed by atoms with Crippen molar-refractivity contribution in [1.82, 2.24) is 0 Å². The van der Waals surface area contributed by atoms with Gasteiger partial charge in [-0.3, -0.25) is 0 Å². The Bertz CT molecular complexity index is 314. The van der Waals surface area contributed by atoms with Crippen molar-refractivity contribution in [2.45, 2.75) is 40.5 Å². The lowest BCUT2D eigenvalue weighted by atomic mass is 10.0. The molecule has 0 radical (unpaired) electrons. The first kappa shape index (κ1) is 14.9. The number of rotatable bonds is 8. The summed E-state index contributed by atoms with van der Waals surface area (Å²) >= 11 is 0.